The first-order chi connectivity index (χ1) is 6.49. The van der Waals surface area contributed by atoms with Crippen molar-refractivity contribution in [2.75, 3.05) is 0 Å². The summed E-state index contributed by atoms with van der Waals surface area (Å²) in [4.78, 5) is 14.7. The highest BCUT2D eigenvalue weighted by atomic mass is 35.5. The van der Waals surface area contributed by atoms with Gasteiger partial charge in [-0.05, 0) is 18.9 Å². The molecule has 0 saturated heterocycles. The summed E-state index contributed by atoms with van der Waals surface area (Å²) in [5.74, 6) is -1.15. The Bertz CT molecular complexity index is 391. The number of rotatable bonds is 2. The number of nitrogens with zero attached hydrogens (tertiary/aromatic N) is 1. The molecular weight excluding hydrogens is 225 g/mol. The van der Waals surface area contributed by atoms with Crippen LogP contribution >= 0.6 is 23.2 Å². The number of aromatic carboxylic acids is 1. The third-order valence-corrected chi connectivity index (χ3v) is 2.65. The van der Waals surface area contributed by atoms with Crippen molar-refractivity contribution in [3.8, 4) is 0 Å². The van der Waals surface area contributed by atoms with E-state index in [0.29, 0.717) is 12.1 Å². The van der Waals surface area contributed by atoms with Gasteiger partial charge in [-0.15, -0.1) is 0 Å². The van der Waals surface area contributed by atoms with E-state index >= 15 is 0 Å². The molecule has 0 unspecified atom stereocenters. The van der Waals surface area contributed by atoms with Crippen LogP contribution in [0, 0.1) is 6.92 Å². The number of aromatic nitrogens is 1. The zero-order valence-corrected chi connectivity index (χ0v) is 9.28. The van der Waals surface area contributed by atoms with E-state index in [0.717, 1.165) is 5.56 Å². The van der Waals surface area contributed by atoms with Crippen molar-refractivity contribution in [3.05, 3.63) is 27.0 Å². The minimum atomic E-state index is -1.15. The van der Waals surface area contributed by atoms with Crippen LogP contribution < -0.4 is 0 Å². The molecular formula is C9H9Cl2NO2. The number of carboxylic acid groups (broad SMARTS) is 1. The van der Waals surface area contributed by atoms with E-state index in [-0.39, 0.29) is 15.7 Å². The maximum absolute atomic E-state index is 10.8. The number of carbonyl (C=O) groups is 1. The van der Waals surface area contributed by atoms with Crippen molar-refractivity contribution in [1.82, 2.24) is 4.98 Å². The first-order valence-electron chi connectivity index (χ1n) is 4.06. The molecule has 0 bridgehead atoms. The number of carboxylic acids is 1. The molecule has 0 saturated carbocycles. The molecule has 0 atom stereocenters. The van der Waals surface area contributed by atoms with Crippen LogP contribution in [0.15, 0.2) is 0 Å². The van der Waals surface area contributed by atoms with Crippen LogP contribution in [0.25, 0.3) is 0 Å². The quantitative estimate of drug-likeness (QED) is 0.800. The Morgan fingerprint density at radius 2 is 2.07 bits per heavy atom. The van der Waals surface area contributed by atoms with Gasteiger partial charge in [0.05, 0.1) is 5.02 Å². The first-order valence-corrected chi connectivity index (χ1v) is 4.82. The molecule has 0 spiro atoms. The van der Waals surface area contributed by atoms with Gasteiger partial charge in [0.15, 0.2) is 0 Å². The van der Waals surface area contributed by atoms with Crippen molar-refractivity contribution < 1.29 is 9.90 Å². The van der Waals surface area contributed by atoms with Crippen molar-refractivity contribution in [1.29, 1.82) is 0 Å². The van der Waals surface area contributed by atoms with Crippen LogP contribution in [0.4, 0.5) is 0 Å². The second kappa shape index (κ2) is 4.15. The van der Waals surface area contributed by atoms with Gasteiger partial charge >= 0.3 is 5.97 Å². The topological polar surface area (TPSA) is 50.2 Å². The fourth-order valence-electron chi connectivity index (χ4n) is 1.26. The van der Waals surface area contributed by atoms with Crippen molar-refractivity contribution in [3.63, 3.8) is 0 Å². The Labute approximate surface area is 91.7 Å². The zero-order chi connectivity index (χ0) is 10.9. The second-order valence-electron chi connectivity index (χ2n) is 2.81. The minimum Gasteiger partial charge on any atom is -0.478 e. The highest BCUT2D eigenvalue weighted by molar-refractivity contribution is 6.39. The molecule has 1 aromatic rings. The molecule has 0 aliphatic rings. The highest BCUT2D eigenvalue weighted by Crippen LogP contribution is 2.28. The van der Waals surface area contributed by atoms with Gasteiger partial charge in [0, 0.05) is 5.69 Å². The van der Waals surface area contributed by atoms with Crippen LogP contribution in [-0.4, -0.2) is 16.1 Å². The van der Waals surface area contributed by atoms with E-state index in [1.165, 1.54) is 0 Å². The number of halogens is 2. The summed E-state index contributed by atoms with van der Waals surface area (Å²) in [6.45, 7) is 3.64. The highest BCUT2D eigenvalue weighted by Gasteiger charge is 2.19. The maximum atomic E-state index is 10.8. The third-order valence-electron chi connectivity index (χ3n) is 1.96. The van der Waals surface area contributed by atoms with Gasteiger partial charge in [0.25, 0.3) is 0 Å². The number of pyridine rings is 1. The van der Waals surface area contributed by atoms with E-state index in [1.54, 1.807) is 6.92 Å². The first kappa shape index (κ1) is 11.3. The molecule has 1 heterocycles. The lowest BCUT2D eigenvalue weighted by Gasteiger charge is -2.09. The molecule has 76 valence electrons. The van der Waals surface area contributed by atoms with Crippen molar-refractivity contribution in [2.45, 2.75) is 20.3 Å². The lowest BCUT2D eigenvalue weighted by Crippen LogP contribution is -2.05. The smallest absolute Gasteiger partial charge is 0.340 e. The molecule has 14 heavy (non-hydrogen) atoms. The second-order valence-corrected chi connectivity index (χ2v) is 3.55. The SMILES string of the molecule is CCc1c(C)nc(Cl)c(C(=O)O)c1Cl. The molecule has 1 N–H and O–H groups in total. The fourth-order valence-corrected chi connectivity index (χ4v) is 2.06. The Morgan fingerprint density at radius 1 is 1.50 bits per heavy atom. The normalized spacial score (nSPS) is 10.3. The molecule has 3 nitrogen and oxygen atoms in total. The average Bonchev–Trinajstić information content (AvgIpc) is 2.02. The number of aryl methyl sites for hydroxylation is 1. The number of hydrogen-bond donors (Lipinski definition) is 1. The predicted octanol–water partition coefficient (Wildman–Crippen LogP) is 2.96. The minimum absolute atomic E-state index is 0.0581. The Balaban J connectivity index is 3.52. The predicted molar refractivity (Wildman–Crippen MR) is 55.3 cm³/mol. The van der Waals surface area contributed by atoms with Gasteiger partial charge in [0.2, 0.25) is 0 Å². The van der Waals surface area contributed by atoms with Gasteiger partial charge in [-0.3, -0.25) is 0 Å². The van der Waals surface area contributed by atoms with Gasteiger partial charge in [0.1, 0.15) is 10.7 Å². The van der Waals surface area contributed by atoms with E-state index in [4.69, 9.17) is 28.3 Å². The lowest BCUT2D eigenvalue weighted by molar-refractivity contribution is 0.0696. The van der Waals surface area contributed by atoms with E-state index in [1.807, 2.05) is 6.92 Å². The summed E-state index contributed by atoms with van der Waals surface area (Å²) in [6.07, 6.45) is 0.634. The molecule has 0 amide bonds. The van der Waals surface area contributed by atoms with E-state index in [2.05, 4.69) is 4.98 Å². The van der Waals surface area contributed by atoms with Gasteiger partial charge in [-0.1, -0.05) is 30.1 Å². The zero-order valence-electron chi connectivity index (χ0n) is 7.77. The van der Waals surface area contributed by atoms with E-state index in [9.17, 15) is 4.79 Å². The van der Waals surface area contributed by atoms with Crippen molar-refractivity contribution in [2.24, 2.45) is 0 Å². The van der Waals surface area contributed by atoms with E-state index < -0.39 is 5.97 Å². The van der Waals surface area contributed by atoms with Crippen LogP contribution in [-0.2, 0) is 6.42 Å². The Kier molecular flexibility index (Phi) is 3.34. The molecule has 0 aliphatic carbocycles. The van der Waals surface area contributed by atoms with Gasteiger partial charge in [-0.2, -0.15) is 0 Å². The van der Waals surface area contributed by atoms with Crippen LogP contribution in [0.3, 0.4) is 0 Å². The molecule has 0 aliphatic heterocycles. The van der Waals surface area contributed by atoms with Crippen LogP contribution in [0.2, 0.25) is 10.2 Å². The molecule has 0 aromatic carbocycles. The molecule has 1 aromatic heterocycles. The van der Waals surface area contributed by atoms with Crippen molar-refractivity contribution >= 4 is 29.2 Å². The summed E-state index contributed by atoms with van der Waals surface area (Å²) >= 11 is 11.6. The molecule has 0 fully saturated rings. The van der Waals surface area contributed by atoms with Crippen LogP contribution in [0.1, 0.15) is 28.5 Å². The average molecular weight is 234 g/mol. The lowest BCUT2D eigenvalue weighted by atomic mass is 10.1. The summed E-state index contributed by atoms with van der Waals surface area (Å²) in [5, 5.41) is 8.98. The summed E-state index contributed by atoms with van der Waals surface area (Å²) in [6, 6.07) is 0. The Morgan fingerprint density at radius 3 is 2.50 bits per heavy atom. The monoisotopic (exact) mass is 233 g/mol. The molecule has 1 rings (SSSR count). The number of hydrogen-bond acceptors (Lipinski definition) is 2. The third kappa shape index (κ3) is 1.83. The van der Waals surface area contributed by atoms with Gasteiger partial charge < -0.3 is 5.11 Å². The van der Waals surface area contributed by atoms with Gasteiger partial charge in [-0.25, -0.2) is 9.78 Å². The van der Waals surface area contributed by atoms with Crippen LogP contribution in [0.5, 0.6) is 0 Å². The molecule has 0 radical (unpaired) electrons. The standard InChI is InChI=1S/C9H9Cl2NO2/c1-3-5-4(2)12-8(11)6(7(5)10)9(13)14/h3H2,1-2H3,(H,13,14). The summed E-state index contributed by atoms with van der Waals surface area (Å²) in [7, 11) is 0. The maximum Gasteiger partial charge on any atom is 0.340 e. The molecule has 5 heteroatoms. The summed E-state index contributed by atoms with van der Waals surface area (Å²) in [5.41, 5.74) is 1.29. The largest absolute Gasteiger partial charge is 0.478 e. The Hall–Kier alpha value is -0.800. The summed E-state index contributed by atoms with van der Waals surface area (Å²) < 4.78 is 0. The fraction of sp³-hybridized carbons (Fsp3) is 0.333.